The van der Waals surface area contributed by atoms with Crippen LogP contribution in [0.5, 0.6) is 0 Å². The van der Waals surface area contributed by atoms with Crippen LogP contribution < -0.4 is 0 Å². The average Bonchev–Trinajstić information content (AvgIpc) is 3.53. The number of carbonyl (C=O) groups excluding carboxylic acids is 2. The van der Waals surface area contributed by atoms with Crippen LogP contribution in [0.1, 0.15) is 26.4 Å². The zero-order chi connectivity index (χ0) is 25.1. The molecule has 0 aliphatic heterocycles. The van der Waals surface area contributed by atoms with E-state index >= 15 is 0 Å². The van der Waals surface area contributed by atoms with E-state index in [-0.39, 0.29) is 17.1 Å². The third kappa shape index (κ3) is 3.21. The highest BCUT2D eigenvalue weighted by Gasteiger charge is 2.34. The molecule has 7 rings (SSSR count). The van der Waals surface area contributed by atoms with E-state index in [1.807, 2.05) is 119 Å². The number of rotatable bonds is 3. The van der Waals surface area contributed by atoms with Crippen LogP contribution in [-0.2, 0) is 7.05 Å². The summed E-state index contributed by atoms with van der Waals surface area (Å²) in [4.78, 5) is 31.9. The van der Waals surface area contributed by atoms with Crippen LogP contribution in [-0.4, -0.2) is 25.7 Å². The third-order valence-corrected chi connectivity index (χ3v) is 7.08. The van der Waals surface area contributed by atoms with Gasteiger partial charge in [0.05, 0.1) is 16.8 Å². The van der Waals surface area contributed by atoms with Crippen LogP contribution in [0.15, 0.2) is 109 Å². The summed E-state index contributed by atoms with van der Waals surface area (Å²) in [6.07, 6.45) is 1.71. The summed E-state index contributed by atoms with van der Waals surface area (Å²) < 4.78 is 4.06. The van der Waals surface area contributed by atoms with Gasteiger partial charge in [0.2, 0.25) is 0 Å². The Morgan fingerprint density at radius 1 is 0.703 bits per heavy atom. The number of hydrogen-bond donors (Lipinski definition) is 0. The standard InChI is InChI=1S/C32H21N3O2/c1-34-28-19-24(18-27-29(36)25-16-21-12-8-9-13-22(21)17-26(25)30(27)37)35(23-14-6-3-7-15-23)32(28)33-31(34)20-10-4-2-5-11-20/h2-19H,1H3. The average molecular weight is 480 g/mol. The zero-order valence-corrected chi connectivity index (χ0v) is 20.1. The zero-order valence-electron chi connectivity index (χ0n) is 20.1. The molecule has 0 radical (unpaired) electrons. The van der Waals surface area contributed by atoms with Crippen LogP contribution in [0.25, 0.3) is 45.1 Å². The summed E-state index contributed by atoms with van der Waals surface area (Å²) in [6, 6.07) is 33.4. The van der Waals surface area contributed by atoms with Crippen molar-refractivity contribution >= 4 is 39.6 Å². The van der Waals surface area contributed by atoms with E-state index in [1.54, 1.807) is 6.08 Å². The van der Waals surface area contributed by atoms with E-state index < -0.39 is 0 Å². The molecular formula is C32H21N3O2. The fourth-order valence-corrected chi connectivity index (χ4v) is 5.24. The largest absolute Gasteiger partial charge is 0.326 e. The first-order valence-electron chi connectivity index (χ1n) is 12.1. The molecule has 0 amide bonds. The Hall–Kier alpha value is -5.03. The van der Waals surface area contributed by atoms with Crippen LogP contribution >= 0.6 is 0 Å². The monoisotopic (exact) mass is 479 g/mol. The Balaban J connectivity index is 1.43. The molecule has 0 spiro atoms. The van der Waals surface area contributed by atoms with Gasteiger partial charge in [0.25, 0.3) is 0 Å². The lowest BCUT2D eigenvalue weighted by atomic mass is 10.0. The molecule has 5 nitrogen and oxygen atoms in total. The van der Waals surface area contributed by atoms with Crippen molar-refractivity contribution < 1.29 is 9.59 Å². The molecule has 6 aromatic rings. The normalized spacial score (nSPS) is 13.1. The van der Waals surface area contributed by atoms with E-state index in [0.717, 1.165) is 44.7 Å². The van der Waals surface area contributed by atoms with Gasteiger partial charge in [-0.2, -0.15) is 0 Å². The maximum absolute atomic E-state index is 13.4. The maximum Gasteiger partial charge on any atom is 0.197 e. The van der Waals surface area contributed by atoms with Crippen molar-refractivity contribution in [3.8, 4) is 17.1 Å². The van der Waals surface area contributed by atoms with Crippen molar-refractivity contribution in [3.63, 3.8) is 0 Å². The lowest BCUT2D eigenvalue weighted by Crippen LogP contribution is -2.03. The first-order chi connectivity index (χ1) is 18.1. The van der Waals surface area contributed by atoms with E-state index in [1.165, 1.54) is 0 Å². The van der Waals surface area contributed by atoms with Crippen molar-refractivity contribution in [2.24, 2.45) is 7.05 Å². The minimum absolute atomic E-state index is 0.175. The molecule has 0 unspecified atom stereocenters. The molecule has 2 aromatic heterocycles. The molecule has 1 aliphatic carbocycles. The maximum atomic E-state index is 13.4. The minimum Gasteiger partial charge on any atom is -0.326 e. The van der Waals surface area contributed by atoms with Gasteiger partial charge >= 0.3 is 0 Å². The van der Waals surface area contributed by atoms with Gasteiger partial charge in [0.1, 0.15) is 5.82 Å². The Morgan fingerprint density at radius 2 is 1.27 bits per heavy atom. The lowest BCUT2D eigenvalue weighted by Gasteiger charge is -2.08. The van der Waals surface area contributed by atoms with Gasteiger partial charge < -0.3 is 4.57 Å². The Morgan fingerprint density at radius 3 is 1.89 bits per heavy atom. The Labute approximate surface area is 212 Å². The smallest absolute Gasteiger partial charge is 0.197 e. The molecule has 0 fully saturated rings. The van der Waals surface area contributed by atoms with E-state index in [4.69, 9.17) is 4.98 Å². The van der Waals surface area contributed by atoms with Gasteiger partial charge in [-0.25, -0.2) is 4.98 Å². The summed E-state index contributed by atoms with van der Waals surface area (Å²) in [5.74, 6) is 0.365. The number of benzene rings is 4. The van der Waals surface area contributed by atoms with Gasteiger partial charge in [-0.1, -0.05) is 72.8 Å². The fraction of sp³-hybridized carbons (Fsp3) is 0.0312. The number of imidazole rings is 1. The summed E-state index contributed by atoms with van der Waals surface area (Å²) >= 11 is 0. The molecule has 37 heavy (non-hydrogen) atoms. The lowest BCUT2D eigenvalue weighted by molar-refractivity contribution is 0.0990. The molecule has 1 aliphatic rings. The van der Waals surface area contributed by atoms with Crippen molar-refractivity contribution in [1.29, 1.82) is 0 Å². The number of carbonyl (C=O) groups is 2. The van der Waals surface area contributed by atoms with Gasteiger partial charge in [-0.05, 0) is 47.2 Å². The second-order valence-electron chi connectivity index (χ2n) is 9.27. The number of hydrogen-bond acceptors (Lipinski definition) is 3. The van der Waals surface area contributed by atoms with Crippen LogP contribution in [0.4, 0.5) is 0 Å². The van der Waals surface area contributed by atoms with Crippen molar-refractivity contribution in [2.45, 2.75) is 0 Å². The fourth-order valence-electron chi connectivity index (χ4n) is 5.24. The molecule has 0 N–H and O–H groups in total. The van der Waals surface area contributed by atoms with Gasteiger partial charge in [0.15, 0.2) is 17.2 Å². The topological polar surface area (TPSA) is 56.9 Å². The quantitative estimate of drug-likeness (QED) is 0.211. The second-order valence-corrected chi connectivity index (χ2v) is 9.27. The summed E-state index contributed by atoms with van der Waals surface area (Å²) in [5, 5.41) is 1.89. The molecule has 0 atom stereocenters. The van der Waals surface area contributed by atoms with Crippen LogP contribution in [0.2, 0.25) is 0 Å². The third-order valence-electron chi connectivity index (χ3n) is 7.08. The number of Topliss-reactive ketones (excluding diaryl/α,β-unsaturated/α-hetero) is 2. The van der Waals surface area contributed by atoms with Crippen LogP contribution in [0.3, 0.4) is 0 Å². The highest BCUT2D eigenvalue weighted by Crippen LogP contribution is 2.34. The first-order valence-corrected chi connectivity index (χ1v) is 12.1. The number of aromatic nitrogens is 3. The Bertz CT molecular complexity index is 1850. The molecule has 0 saturated carbocycles. The second kappa shape index (κ2) is 8.00. The molecule has 176 valence electrons. The number of ketones is 2. The van der Waals surface area contributed by atoms with Gasteiger partial charge in [-0.15, -0.1) is 0 Å². The van der Waals surface area contributed by atoms with Gasteiger partial charge in [0, 0.05) is 29.4 Å². The van der Waals surface area contributed by atoms with E-state index in [9.17, 15) is 9.59 Å². The number of allylic oxidation sites excluding steroid dienone is 1. The predicted octanol–water partition coefficient (Wildman–Crippen LogP) is 6.65. The number of fused-ring (bicyclic) bond motifs is 3. The highest BCUT2D eigenvalue weighted by molar-refractivity contribution is 6.42. The predicted molar refractivity (Wildman–Crippen MR) is 146 cm³/mol. The van der Waals surface area contributed by atoms with E-state index in [2.05, 4.69) is 0 Å². The number of para-hydroxylation sites is 1. The number of nitrogens with zero attached hydrogens (tertiary/aromatic N) is 3. The summed E-state index contributed by atoms with van der Waals surface area (Å²) in [5.41, 5.74) is 5.43. The van der Waals surface area contributed by atoms with E-state index in [0.29, 0.717) is 11.1 Å². The summed E-state index contributed by atoms with van der Waals surface area (Å²) in [6.45, 7) is 0. The molecule has 2 heterocycles. The van der Waals surface area contributed by atoms with Gasteiger partial charge in [-0.3, -0.25) is 14.2 Å². The highest BCUT2D eigenvalue weighted by atomic mass is 16.2. The summed E-state index contributed by atoms with van der Waals surface area (Å²) in [7, 11) is 1.98. The van der Waals surface area contributed by atoms with Crippen molar-refractivity contribution in [2.75, 3.05) is 0 Å². The molecule has 0 saturated heterocycles. The Kier molecular flexibility index (Phi) is 4.60. The van der Waals surface area contributed by atoms with Crippen LogP contribution in [0, 0.1) is 0 Å². The first kappa shape index (κ1) is 21.3. The molecule has 5 heteroatoms. The number of aryl methyl sites for hydroxylation is 1. The molecule has 4 aromatic carbocycles. The SMILES string of the molecule is Cn1c(-c2ccccc2)nc2c1cc(C=C1C(=O)c3cc4ccccc4cc3C1=O)n2-c1ccccc1. The molecular weight excluding hydrogens is 458 g/mol. The molecule has 0 bridgehead atoms. The van der Waals surface area contributed by atoms with Crippen molar-refractivity contribution in [1.82, 2.24) is 14.1 Å². The van der Waals surface area contributed by atoms with Crippen molar-refractivity contribution in [3.05, 3.63) is 126 Å². The minimum atomic E-state index is -0.242.